The van der Waals surface area contributed by atoms with Gasteiger partial charge in [0.05, 0.1) is 12.8 Å². The lowest BCUT2D eigenvalue weighted by atomic mass is 10.1. The van der Waals surface area contributed by atoms with Crippen LogP contribution in [0.5, 0.6) is 0 Å². The summed E-state index contributed by atoms with van der Waals surface area (Å²) in [6.45, 7) is 1.37. The zero-order valence-electron chi connectivity index (χ0n) is 15.1. The van der Waals surface area contributed by atoms with E-state index in [1.807, 2.05) is 0 Å². The van der Waals surface area contributed by atoms with Crippen molar-refractivity contribution >= 4 is 40.1 Å². The molecule has 27 heavy (non-hydrogen) atoms. The maximum absolute atomic E-state index is 12.4. The van der Waals surface area contributed by atoms with Gasteiger partial charge in [-0.15, -0.1) is 0 Å². The highest BCUT2D eigenvalue weighted by atomic mass is 32.1. The summed E-state index contributed by atoms with van der Waals surface area (Å²) in [6.07, 6.45) is -0.0605. The molecule has 0 fully saturated rings. The maximum Gasteiger partial charge on any atom is 0.409 e. The Kier molecular flexibility index (Phi) is 6.85. The Balaban J connectivity index is 2.16. The van der Waals surface area contributed by atoms with Crippen LogP contribution in [0.15, 0.2) is 24.3 Å². The van der Waals surface area contributed by atoms with E-state index >= 15 is 0 Å². The molecule has 0 bridgehead atoms. The van der Waals surface area contributed by atoms with Crippen molar-refractivity contribution in [3.8, 4) is 0 Å². The predicted octanol–water partition coefficient (Wildman–Crippen LogP) is 2.61. The van der Waals surface area contributed by atoms with E-state index in [2.05, 4.69) is 15.6 Å². The number of nitrogens with one attached hydrogen (secondary N) is 2. The van der Waals surface area contributed by atoms with Crippen molar-refractivity contribution in [3.05, 3.63) is 40.4 Å². The Bertz CT molecular complexity index is 834. The molecule has 0 saturated carbocycles. The maximum atomic E-state index is 12.4. The first kappa shape index (κ1) is 20.3. The van der Waals surface area contributed by atoms with Crippen LogP contribution in [0.2, 0.25) is 0 Å². The van der Waals surface area contributed by atoms with Crippen LogP contribution in [0.1, 0.15) is 27.9 Å². The zero-order valence-corrected chi connectivity index (χ0v) is 15.9. The van der Waals surface area contributed by atoms with Crippen molar-refractivity contribution in [2.24, 2.45) is 0 Å². The molecular weight excluding hydrogens is 372 g/mol. The standard InChI is InChI=1S/C17H20N4O5S/c1-10(22)18-16-20-13(14(27-16)15(23)21(2)26-3)9-6-11-4-7-12(8-5-11)19-17(24)25/h4-5,7-8,19H,6,9H2,1-3H3,(H,24,25)(H,18,20,22). The summed E-state index contributed by atoms with van der Waals surface area (Å²) >= 11 is 1.09. The topological polar surface area (TPSA) is 121 Å². The Labute approximate surface area is 159 Å². The van der Waals surface area contributed by atoms with Gasteiger partial charge in [0.2, 0.25) is 5.91 Å². The number of hydroxylamine groups is 2. The van der Waals surface area contributed by atoms with Crippen molar-refractivity contribution in [2.75, 3.05) is 24.8 Å². The van der Waals surface area contributed by atoms with Gasteiger partial charge in [0.1, 0.15) is 4.88 Å². The second-order valence-corrected chi connectivity index (χ2v) is 6.59. The Hall–Kier alpha value is -2.98. The van der Waals surface area contributed by atoms with Gasteiger partial charge in [-0.1, -0.05) is 23.5 Å². The van der Waals surface area contributed by atoms with Crippen LogP contribution in [0.3, 0.4) is 0 Å². The molecule has 0 aliphatic carbocycles. The fourth-order valence-corrected chi connectivity index (χ4v) is 3.28. The lowest BCUT2D eigenvalue weighted by Crippen LogP contribution is -2.25. The van der Waals surface area contributed by atoms with Gasteiger partial charge < -0.3 is 10.4 Å². The molecule has 1 heterocycles. The summed E-state index contributed by atoms with van der Waals surface area (Å²) in [7, 11) is 2.89. The molecule has 1 aromatic heterocycles. The SMILES string of the molecule is CON(C)C(=O)c1sc(NC(C)=O)nc1CCc1ccc(NC(=O)O)cc1. The quantitative estimate of drug-likeness (QED) is 0.623. The summed E-state index contributed by atoms with van der Waals surface area (Å²) in [4.78, 5) is 44.0. The largest absolute Gasteiger partial charge is 0.465 e. The molecule has 10 heteroatoms. The summed E-state index contributed by atoms with van der Waals surface area (Å²) in [5.41, 5.74) is 1.99. The molecule has 1 aromatic carbocycles. The second kappa shape index (κ2) is 9.10. The normalized spacial score (nSPS) is 10.3. The molecule has 3 amide bonds. The van der Waals surface area contributed by atoms with Crippen molar-refractivity contribution in [1.82, 2.24) is 10.0 Å². The van der Waals surface area contributed by atoms with Crippen molar-refractivity contribution in [2.45, 2.75) is 19.8 Å². The average Bonchev–Trinajstić information content (AvgIpc) is 3.01. The number of amides is 3. The van der Waals surface area contributed by atoms with E-state index in [9.17, 15) is 14.4 Å². The van der Waals surface area contributed by atoms with Gasteiger partial charge in [-0.05, 0) is 30.5 Å². The van der Waals surface area contributed by atoms with Crippen molar-refractivity contribution < 1.29 is 24.3 Å². The highest BCUT2D eigenvalue weighted by Gasteiger charge is 2.21. The fourth-order valence-electron chi connectivity index (χ4n) is 2.26. The summed E-state index contributed by atoms with van der Waals surface area (Å²) in [6, 6.07) is 6.93. The number of aromatic nitrogens is 1. The number of carbonyl (C=O) groups excluding carboxylic acids is 2. The molecule has 0 atom stereocenters. The number of nitrogens with zero attached hydrogens (tertiary/aromatic N) is 2. The van der Waals surface area contributed by atoms with Gasteiger partial charge in [-0.25, -0.2) is 14.8 Å². The lowest BCUT2D eigenvalue weighted by Gasteiger charge is -2.12. The molecule has 0 spiro atoms. The zero-order chi connectivity index (χ0) is 20.0. The third kappa shape index (κ3) is 5.76. The number of carboxylic acid groups (broad SMARTS) is 1. The number of hydrogen-bond acceptors (Lipinski definition) is 6. The van der Waals surface area contributed by atoms with Gasteiger partial charge >= 0.3 is 6.09 Å². The first-order valence-corrected chi connectivity index (χ1v) is 8.80. The molecule has 0 saturated heterocycles. The molecule has 2 aromatic rings. The number of rotatable bonds is 7. The van der Waals surface area contributed by atoms with Crippen LogP contribution in [0.25, 0.3) is 0 Å². The smallest absolute Gasteiger partial charge is 0.409 e. The Morgan fingerprint density at radius 1 is 1.19 bits per heavy atom. The van der Waals surface area contributed by atoms with E-state index in [1.54, 1.807) is 24.3 Å². The Morgan fingerprint density at radius 3 is 2.41 bits per heavy atom. The van der Waals surface area contributed by atoms with E-state index in [-0.39, 0.29) is 11.8 Å². The summed E-state index contributed by atoms with van der Waals surface area (Å²) < 4.78 is 0. The first-order valence-electron chi connectivity index (χ1n) is 7.98. The van der Waals surface area contributed by atoms with Crippen LogP contribution in [0.4, 0.5) is 15.6 Å². The number of benzene rings is 1. The molecule has 2 rings (SSSR count). The van der Waals surface area contributed by atoms with E-state index in [4.69, 9.17) is 9.94 Å². The molecule has 0 radical (unpaired) electrons. The highest BCUT2D eigenvalue weighted by molar-refractivity contribution is 7.17. The van der Waals surface area contributed by atoms with Gasteiger partial charge in [0.25, 0.3) is 5.91 Å². The number of anilines is 2. The fraction of sp³-hybridized carbons (Fsp3) is 0.294. The molecule has 144 valence electrons. The van der Waals surface area contributed by atoms with E-state index in [1.165, 1.54) is 21.1 Å². The van der Waals surface area contributed by atoms with Crippen LogP contribution in [0, 0.1) is 0 Å². The summed E-state index contributed by atoms with van der Waals surface area (Å²) in [5.74, 6) is -0.612. The third-order valence-electron chi connectivity index (χ3n) is 3.59. The first-order chi connectivity index (χ1) is 12.8. The van der Waals surface area contributed by atoms with Gasteiger partial charge in [0, 0.05) is 19.7 Å². The molecule has 0 unspecified atom stereocenters. The van der Waals surface area contributed by atoms with E-state index in [0.717, 1.165) is 22.0 Å². The predicted molar refractivity (Wildman–Crippen MR) is 101 cm³/mol. The second-order valence-electron chi connectivity index (χ2n) is 5.59. The minimum absolute atomic E-state index is 0.268. The minimum Gasteiger partial charge on any atom is -0.465 e. The van der Waals surface area contributed by atoms with Crippen LogP contribution >= 0.6 is 11.3 Å². The molecule has 0 aliphatic heterocycles. The van der Waals surface area contributed by atoms with Crippen molar-refractivity contribution in [1.29, 1.82) is 0 Å². The van der Waals surface area contributed by atoms with Gasteiger partial charge in [0.15, 0.2) is 5.13 Å². The van der Waals surface area contributed by atoms with Gasteiger partial charge in [-0.2, -0.15) is 0 Å². The monoisotopic (exact) mass is 392 g/mol. The Morgan fingerprint density at radius 2 is 1.85 bits per heavy atom. The van der Waals surface area contributed by atoms with E-state index in [0.29, 0.717) is 34.2 Å². The number of thiazole rings is 1. The molecule has 0 aliphatic rings. The van der Waals surface area contributed by atoms with Crippen molar-refractivity contribution in [3.63, 3.8) is 0 Å². The summed E-state index contributed by atoms with van der Waals surface area (Å²) in [5, 5.41) is 15.0. The minimum atomic E-state index is -1.12. The molecule has 9 nitrogen and oxygen atoms in total. The van der Waals surface area contributed by atoms with Crippen LogP contribution in [-0.2, 0) is 22.5 Å². The third-order valence-corrected chi connectivity index (χ3v) is 4.59. The van der Waals surface area contributed by atoms with E-state index < -0.39 is 6.09 Å². The number of carbonyl (C=O) groups is 3. The lowest BCUT2D eigenvalue weighted by molar-refractivity contribution is -0.114. The van der Waals surface area contributed by atoms with Gasteiger partial charge in [-0.3, -0.25) is 19.7 Å². The highest BCUT2D eigenvalue weighted by Crippen LogP contribution is 2.26. The number of hydrogen-bond donors (Lipinski definition) is 3. The average molecular weight is 392 g/mol. The number of aryl methyl sites for hydroxylation is 2. The molecular formula is C17H20N4O5S. The van der Waals surface area contributed by atoms with Crippen LogP contribution < -0.4 is 10.6 Å². The van der Waals surface area contributed by atoms with Crippen LogP contribution in [-0.4, -0.2) is 47.2 Å². The molecule has 3 N–H and O–H groups in total.